The molecule has 0 saturated carbocycles. The highest BCUT2D eigenvalue weighted by Crippen LogP contribution is 2.24. The molecule has 0 heterocycles. The molecule has 1 atom stereocenters. The van der Waals surface area contributed by atoms with E-state index in [1.165, 1.54) is 0 Å². The summed E-state index contributed by atoms with van der Waals surface area (Å²) in [6.07, 6.45) is 2.37. The topological polar surface area (TPSA) is 20.2 Å². The molecule has 2 heteroatoms. The van der Waals surface area contributed by atoms with Crippen LogP contribution in [0.4, 0.5) is 0 Å². The number of rotatable bonds is 4. The number of halogens is 1. The highest BCUT2D eigenvalue weighted by molar-refractivity contribution is 6.31. The van der Waals surface area contributed by atoms with Crippen molar-refractivity contribution in [2.75, 3.05) is 0 Å². The molecule has 1 N–H and O–H groups in total. The molecule has 14 heavy (non-hydrogen) atoms. The minimum Gasteiger partial charge on any atom is -0.388 e. The highest BCUT2D eigenvalue weighted by atomic mass is 35.5. The molecule has 0 amide bonds. The maximum atomic E-state index is 9.79. The fraction of sp³-hybridized carbons (Fsp3) is 0.500. The zero-order valence-electron chi connectivity index (χ0n) is 8.76. The monoisotopic (exact) mass is 212 g/mol. The molecule has 0 aliphatic rings. The number of benzene rings is 1. The second kappa shape index (κ2) is 5.38. The van der Waals surface area contributed by atoms with Crippen LogP contribution in [-0.4, -0.2) is 5.11 Å². The normalized spacial score (nSPS) is 12.9. The number of hydrogen-bond donors (Lipinski definition) is 1. The molecule has 1 nitrogen and oxygen atoms in total. The van der Waals surface area contributed by atoms with Gasteiger partial charge < -0.3 is 5.11 Å². The smallest absolute Gasteiger partial charge is 0.0790 e. The fourth-order valence-corrected chi connectivity index (χ4v) is 1.76. The van der Waals surface area contributed by atoms with Gasteiger partial charge >= 0.3 is 0 Å². The van der Waals surface area contributed by atoms with E-state index in [1.807, 2.05) is 18.2 Å². The van der Waals surface area contributed by atoms with E-state index < -0.39 is 0 Å². The van der Waals surface area contributed by atoms with E-state index in [0.29, 0.717) is 0 Å². The summed E-state index contributed by atoms with van der Waals surface area (Å²) in [6.45, 7) is 4.14. The molecular formula is C12H17ClO. The van der Waals surface area contributed by atoms with Crippen LogP contribution in [0.5, 0.6) is 0 Å². The summed E-state index contributed by atoms with van der Waals surface area (Å²) in [5.41, 5.74) is 2.09. The Hall–Kier alpha value is -0.530. The lowest BCUT2D eigenvalue weighted by molar-refractivity contribution is 0.166. The van der Waals surface area contributed by atoms with Crippen LogP contribution in [0.25, 0.3) is 0 Å². The molecule has 1 aromatic carbocycles. The van der Waals surface area contributed by atoms with Crippen molar-refractivity contribution in [3.8, 4) is 0 Å². The Kier molecular flexibility index (Phi) is 4.43. The minimum atomic E-state index is -0.345. The molecule has 0 fully saturated rings. The molecule has 0 spiro atoms. The Morgan fingerprint density at radius 2 is 2.07 bits per heavy atom. The number of aliphatic hydroxyl groups is 1. The summed E-state index contributed by atoms with van der Waals surface area (Å²) in [6, 6.07) is 5.78. The van der Waals surface area contributed by atoms with Crippen molar-refractivity contribution in [1.29, 1.82) is 0 Å². The van der Waals surface area contributed by atoms with Gasteiger partial charge in [-0.15, -0.1) is 0 Å². The highest BCUT2D eigenvalue weighted by Gasteiger charge is 2.08. The maximum absolute atomic E-state index is 9.79. The Morgan fingerprint density at radius 1 is 1.36 bits per heavy atom. The standard InChI is InChI=1S/C12H17ClO/c1-3-5-12(14)10-6-7-11(13)9(4-2)8-10/h6-8,12,14H,3-5H2,1-2H3. The third kappa shape index (κ3) is 2.73. The summed E-state index contributed by atoms with van der Waals surface area (Å²) in [7, 11) is 0. The van der Waals surface area contributed by atoms with Crippen LogP contribution in [0, 0.1) is 0 Å². The van der Waals surface area contributed by atoms with Crippen molar-refractivity contribution >= 4 is 11.6 Å². The first kappa shape index (κ1) is 11.5. The van der Waals surface area contributed by atoms with Crippen molar-refractivity contribution in [3.05, 3.63) is 34.3 Å². The predicted octanol–water partition coefficient (Wildman–Crippen LogP) is 3.74. The summed E-state index contributed by atoms with van der Waals surface area (Å²) in [5.74, 6) is 0. The van der Waals surface area contributed by atoms with Crippen LogP contribution in [0.1, 0.15) is 43.9 Å². The second-order valence-corrected chi connectivity index (χ2v) is 3.92. The summed E-state index contributed by atoms with van der Waals surface area (Å²) in [4.78, 5) is 0. The first-order valence-electron chi connectivity index (χ1n) is 5.15. The van der Waals surface area contributed by atoms with Crippen LogP contribution < -0.4 is 0 Å². The van der Waals surface area contributed by atoms with E-state index in [0.717, 1.165) is 35.4 Å². The molecule has 0 aromatic heterocycles. The number of aryl methyl sites for hydroxylation is 1. The Labute approximate surface area is 90.7 Å². The van der Waals surface area contributed by atoms with Crippen molar-refractivity contribution in [1.82, 2.24) is 0 Å². The third-order valence-corrected chi connectivity index (χ3v) is 2.77. The van der Waals surface area contributed by atoms with Gasteiger partial charge in [-0.2, -0.15) is 0 Å². The molecular weight excluding hydrogens is 196 g/mol. The van der Waals surface area contributed by atoms with E-state index in [4.69, 9.17) is 11.6 Å². The van der Waals surface area contributed by atoms with Crippen LogP contribution in [0.15, 0.2) is 18.2 Å². The predicted molar refractivity (Wildman–Crippen MR) is 60.7 cm³/mol. The Bertz CT molecular complexity index is 296. The summed E-state index contributed by atoms with van der Waals surface area (Å²) in [5, 5.41) is 10.6. The van der Waals surface area contributed by atoms with Crippen molar-refractivity contribution in [3.63, 3.8) is 0 Å². The van der Waals surface area contributed by atoms with Gasteiger partial charge in [-0.05, 0) is 30.0 Å². The average molecular weight is 213 g/mol. The average Bonchev–Trinajstić information content (AvgIpc) is 2.19. The van der Waals surface area contributed by atoms with Gasteiger partial charge in [0.1, 0.15) is 0 Å². The van der Waals surface area contributed by atoms with Gasteiger partial charge in [0.2, 0.25) is 0 Å². The van der Waals surface area contributed by atoms with Gasteiger partial charge in [-0.3, -0.25) is 0 Å². The van der Waals surface area contributed by atoms with Gasteiger partial charge in [-0.1, -0.05) is 44.0 Å². The zero-order chi connectivity index (χ0) is 10.6. The lowest BCUT2D eigenvalue weighted by atomic mass is 10.0. The third-order valence-electron chi connectivity index (χ3n) is 2.40. The molecule has 0 aliphatic carbocycles. The van der Waals surface area contributed by atoms with Gasteiger partial charge in [0.15, 0.2) is 0 Å². The molecule has 0 aliphatic heterocycles. The van der Waals surface area contributed by atoms with Gasteiger partial charge in [0.25, 0.3) is 0 Å². The van der Waals surface area contributed by atoms with E-state index in [9.17, 15) is 5.11 Å². The SMILES string of the molecule is CCCC(O)c1ccc(Cl)c(CC)c1. The van der Waals surface area contributed by atoms with Crippen LogP contribution >= 0.6 is 11.6 Å². The van der Waals surface area contributed by atoms with Crippen molar-refractivity contribution in [2.24, 2.45) is 0 Å². The second-order valence-electron chi connectivity index (χ2n) is 3.51. The first-order chi connectivity index (χ1) is 6.69. The van der Waals surface area contributed by atoms with E-state index in [-0.39, 0.29) is 6.10 Å². The maximum Gasteiger partial charge on any atom is 0.0790 e. The Morgan fingerprint density at radius 3 is 2.64 bits per heavy atom. The van der Waals surface area contributed by atoms with Gasteiger partial charge in [-0.25, -0.2) is 0 Å². The number of aliphatic hydroxyl groups excluding tert-OH is 1. The van der Waals surface area contributed by atoms with E-state index in [2.05, 4.69) is 13.8 Å². The largest absolute Gasteiger partial charge is 0.388 e. The van der Waals surface area contributed by atoms with Crippen LogP contribution in [-0.2, 0) is 6.42 Å². The molecule has 1 rings (SSSR count). The van der Waals surface area contributed by atoms with E-state index >= 15 is 0 Å². The lowest BCUT2D eigenvalue weighted by Crippen LogP contribution is -1.97. The zero-order valence-corrected chi connectivity index (χ0v) is 9.51. The molecule has 78 valence electrons. The van der Waals surface area contributed by atoms with Gasteiger partial charge in [0, 0.05) is 5.02 Å². The Balaban J connectivity index is 2.88. The molecule has 0 bridgehead atoms. The van der Waals surface area contributed by atoms with Crippen LogP contribution in [0.2, 0.25) is 5.02 Å². The number of hydrogen-bond acceptors (Lipinski definition) is 1. The quantitative estimate of drug-likeness (QED) is 0.806. The van der Waals surface area contributed by atoms with Crippen LogP contribution in [0.3, 0.4) is 0 Å². The minimum absolute atomic E-state index is 0.345. The molecule has 1 unspecified atom stereocenters. The molecule has 0 radical (unpaired) electrons. The summed E-state index contributed by atoms with van der Waals surface area (Å²) < 4.78 is 0. The first-order valence-corrected chi connectivity index (χ1v) is 5.53. The van der Waals surface area contributed by atoms with Crippen molar-refractivity contribution in [2.45, 2.75) is 39.2 Å². The lowest BCUT2D eigenvalue weighted by Gasteiger charge is -2.11. The fourth-order valence-electron chi connectivity index (χ4n) is 1.51. The van der Waals surface area contributed by atoms with Gasteiger partial charge in [0.05, 0.1) is 6.10 Å². The van der Waals surface area contributed by atoms with E-state index in [1.54, 1.807) is 0 Å². The molecule has 0 saturated heterocycles. The molecule has 1 aromatic rings. The summed E-state index contributed by atoms with van der Waals surface area (Å²) >= 11 is 6.00. The van der Waals surface area contributed by atoms with Crippen molar-refractivity contribution < 1.29 is 5.11 Å².